The molecule has 0 fully saturated rings. The molecule has 0 aliphatic heterocycles. The van der Waals surface area contributed by atoms with E-state index in [-0.39, 0.29) is 28.4 Å². The number of methoxy groups -OCH3 is 1. The molecule has 14 heteroatoms. The summed E-state index contributed by atoms with van der Waals surface area (Å²) in [6.07, 6.45) is 2.06. The Morgan fingerprint density at radius 2 is 0.839 bits per heavy atom. The number of amides is 1. The number of anilines is 2. The van der Waals surface area contributed by atoms with Crippen molar-refractivity contribution in [3.05, 3.63) is 157 Å². The maximum Gasteiger partial charge on any atom is 0.340 e. The summed E-state index contributed by atoms with van der Waals surface area (Å²) in [5.41, 5.74) is 4.02. The zero-order valence-corrected chi connectivity index (χ0v) is 32.5. The van der Waals surface area contributed by atoms with Crippen LogP contribution in [0.2, 0.25) is 0 Å². The number of hydrogen-bond donors (Lipinski definition) is 3. The van der Waals surface area contributed by atoms with Gasteiger partial charge in [-0.05, 0) is 95.1 Å². The molecule has 0 saturated carbocycles. The Morgan fingerprint density at radius 1 is 0.482 bits per heavy atom. The first-order chi connectivity index (χ1) is 26.7. The normalized spacial score (nSPS) is 10.9. The van der Waals surface area contributed by atoms with Crippen molar-refractivity contribution >= 4 is 43.3 Å². The van der Waals surface area contributed by atoms with Gasteiger partial charge in [-0.2, -0.15) is 0 Å². The van der Waals surface area contributed by atoms with Gasteiger partial charge in [-0.25, -0.2) is 21.6 Å². The number of carbonyl (C=O) groups excluding carboxylic acids is 2. The van der Waals surface area contributed by atoms with Crippen molar-refractivity contribution in [2.45, 2.75) is 0 Å². The van der Waals surface area contributed by atoms with E-state index < -0.39 is 26.0 Å². The lowest BCUT2D eigenvalue weighted by molar-refractivity contribution is 0.0601. The van der Waals surface area contributed by atoms with Crippen molar-refractivity contribution in [3.8, 4) is 45.3 Å². The SMILES string of the molecule is CNC(=O)c1cc(-c2ccc(Oc3ccccc3)cc2)ccc1NS(C)(=O)=O.COC(=O)c1cc(-c2ccc(Oc3ccccc3)cc2)ccc1NS(C)(=O)=O. The monoisotopic (exact) mass is 793 g/mol. The number of nitrogens with one attached hydrogen (secondary N) is 3. The van der Waals surface area contributed by atoms with Crippen LogP contribution < -0.4 is 24.2 Å². The van der Waals surface area contributed by atoms with Crippen LogP contribution in [-0.4, -0.2) is 55.4 Å². The predicted octanol–water partition coefficient (Wildman–Crippen LogP) is 8.18. The summed E-state index contributed by atoms with van der Waals surface area (Å²) in [4.78, 5) is 24.3. The first-order valence-corrected chi connectivity index (χ1v) is 20.7. The fraction of sp³-hybridized carbons (Fsp3) is 0.0952. The number of ether oxygens (including phenoxy) is 3. The molecule has 1 amide bonds. The highest BCUT2D eigenvalue weighted by Gasteiger charge is 2.17. The second-order valence-electron chi connectivity index (χ2n) is 12.2. The molecular weight excluding hydrogens is 755 g/mol. The molecule has 0 aliphatic carbocycles. The van der Waals surface area contributed by atoms with Crippen molar-refractivity contribution in [1.29, 1.82) is 0 Å². The first-order valence-electron chi connectivity index (χ1n) is 16.9. The van der Waals surface area contributed by atoms with Crippen LogP contribution in [0.1, 0.15) is 20.7 Å². The van der Waals surface area contributed by atoms with Gasteiger partial charge >= 0.3 is 5.97 Å². The van der Waals surface area contributed by atoms with Gasteiger partial charge in [0.15, 0.2) is 0 Å². The van der Waals surface area contributed by atoms with E-state index in [9.17, 15) is 26.4 Å². The van der Waals surface area contributed by atoms with E-state index in [0.717, 1.165) is 46.3 Å². The van der Waals surface area contributed by atoms with E-state index in [1.165, 1.54) is 20.2 Å². The molecule has 12 nitrogen and oxygen atoms in total. The highest BCUT2D eigenvalue weighted by Crippen LogP contribution is 2.31. The summed E-state index contributed by atoms with van der Waals surface area (Å²) in [7, 11) is -4.29. The molecule has 0 radical (unpaired) electrons. The molecular formula is C42H39N3O9S2. The molecule has 6 rings (SSSR count). The molecule has 0 aromatic heterocycles. The summed E-state index contributed by atoms with van der Waals surface area (Å²) in [6.45, 7) is 0. The van der Waals surface area contributed by atoms with Crippen LogP contribution in [0.4, 0.5) is 11.4 Å². The molecule has 0 unspecified atom stereocenters. The summed E-state index contributed by atoms with van der Waals surface area (Å²) in [5, 5.41) is 2.53. The second-order valence-corrected chi connectivity index (χ2v) is 15.7. The Kier molecular flexibility index (Phi) is 13.1. The zero-order chi connectivity index (χ0) is 40.3. The lowest BCUT2D eigenvalue weighted by Gasteiger charge is -2.12. The number of esters is 1. The zero-order valence-electron chi connectivity index (χ0n) is 30.8. The van der Waals surface area contributed by atoms with Crippen molar-refractivity contribution in [2.75, 3.05) is 36.1 Å². The van der Waals surface area contributed by atoms with Crippen molar-refractivity contribution in [1.82, 2.24) is 5.32 Å². The smallest absolute Gasteiger partial charge is 0.340 e. The molecule has 0 heterocycles. The quantitative estimate of drug-likeness (QED) is 0.104. The predicted molar refractivity (Wildman–Crippen MR) is 218 cm³/mol. The first kappa shape index (κ1) is 40.5. The number of rotatable bonds is 12. The molecule has 0 spiro atoms. The van der Waals surface area contributed by atoms with Gasteiger partial charge in [0, 0.05) is 7.05 Å². The van der Waals surface area contributed by atoms with Crippen molar-refractivity contribution in [2.24, 2.45) is 0 Å². The van der Waals surface area contributed by atoms with Crippen molar-refractivity contribution in [3.63, 3.8) is 0 Å². The standard InChI is InChI=1S/C21H20N2O4S.C21H19NO5S/c1-22-21(24)19-14-16(10-13-20(19)23-28(2,25)26)15-8-11-18(12-9-15)27-17-6-4-3-5-7-17;1-26-21(23)19-14-16(10-13-20(19)22-28(2,24)25)15-8-11-18(12-9-15)27-17-6-4-3-5-7-17/h3-14,23H,1-2H3,(H,22,24);3-14,22H,1-2H3. The minimum Gasteiger partial charge on any atom is -0.465 e. The Hall–Kier alpha value is -6.64. The van der Waals surface area contributed by atoms with Crippen LogP contribution >= 0.6 is 0 Å². The topological polar surface area (TPSA) is 166 Å². The van der Waals surface area contributed by atoms with Gasteiger partial charge < -0.3 is 19.5 Å². The Bertz CT molecular complexity index is 2340. The molecule has 0 saturated heterocycles. The maximum atomic E-state index is 12.2. The molecule has 0 bridgehead atoms. The molecule has 288 valence electrons. The number of carbonyl (C=O) groups is 2. The van der Waals surface area contributed by atoms with Gasteiger partial charge in [-0.3, -0.25) is 14.2 Å². The third-order valence-electron chi connectivity index (χ3n) is 7.84. The van der Waals surface area contributed by atoms with E-state index in [1.807, 2.05) is 109 Å². The van der Waals surface area contributed by atoms with Gasteiger partial charge in [0.25, 0.3) is 5.91 Å². The van der Waals surface area contributed by atoms with Crippen LogP contribution in [0.15, 0.2) is 146 Å². The van der Waals surface area contributed by atoms with E-state index in [1.54, 1.807) is 30.3 Å². The largest absolute Gasteiger partial charge is 0.465 e. The third kappa shape index (κ3) is 11.7. The van der Waals surface area contributed by atoms with E-state index in [0.29, 0.717) is 11.5 Å². The highest BCUT2D eigenvalue weighted by molar-refractivity contribution is 7.92. The van der Waals surface area contributed by atoms with E-state index >= 15 is 0 Å². The average Bonchev–Trinajstić information content (AvgIpc) is 3.18. The van der Waals surface area contributed by atoms with Gasteiger partial charge in [-0.1, -0.05) is 72.8 Å². The van der Waals surface area contributed by atoms with Crippen LogP contribution in [0, 0.1) is 0 Å². The Balaban J connectivity index is 0.000000214. The van der Waals surface area contributed by atoms with E-state index in [2.05, 4.69) is 14.8 Å². The van der Waals surface area contributed by atoms with Crippen molar-refractivity contribution < 1.29 is 40.6 Å². The molecule has 0 aliphatic rings. The lowest BCUT2D eigenvalue weighted by Crippen LogP contribution is -2.21. The summed E-state index contributed by atoms with van der Waals surface area (Å²) >= 11 is 0. The van der Waals surface area contributed by atoms with Crippen LogP contribution in [-0.2, 0) is 24.8 Å². The molecule has 0 atom stereocenters. The number of sulfonamides is 2. The summed E-state index contributed by atoms with van der Waals surface area (Å²) < 4.78 is 67.2. The minimum absolute atomic E-state index is 0.134. The van der Waals surface area contributed by atoms with Crippen LogP contribution in [0.5, 0.6) is 23.0 Å². The van der Waals surface area contributed by atoms with Gasteiger partial charge in [0.05, 0.1) is 42.1 Å². The summed E-state index contributed by atoms with van der Waals surface area (Å²) in [5.74, 6) is 1.84. The van der Waals surface area contributed by atoms with Gasteiger partial charge in [0.2, 0.25) is 20.0 Å². The number of benzene rings is 6. The fourth-order valence-corrected chi connectivity index (χ4v) is 6.46. The Labute approximate surface area is 326 Å². The molecule has 6 aromatic rings. The van der Waals surface area contributed by atoms with Gasteiger partial charge in [0.1, 0.15) is 23.0 Å². The second kappa shape index (κ2) is 18.1. The van der Waals surface area contributed by atoms with E-state index in [4.69, 9.17) is 14.2 Å². The number of para-hydroxylation sites is 2. The van der Waals surface area contributed by atoms with Gasteiger partial charge in [-0.15, -0.1) is 0 Å². The summed E-state index contributed by atoms with van der Waals surface area (Å²) in [6, 6.07) is 43.5. The lowest BCUT2D eigenvalue weighted by atomic mass is 10.0. The Morgan fingerprint density at radius 3 is 1.21 bits per heavy atom. The van der Waals surface area contributed by atoms with Crippen LogP contribution in [0.3, 0.4) is 0 Å². The molecule has 6 aromatic carbocycles. The highest BCUT2D eigenvalue weighted by atomic mass is 32.2. The number of hydrogen-bond acceptors (Lipinski definition) is 9. The minimum atomic E-state index is -3.53. The molecule has 56 heavy (non-hydrogen) atoms. The fourth-order valence-electron chi connectivity index (χ4n) is 5.31. The molecule has 3 N–H and O–H groups in total. The average molecular weight is 794 g/mol. The third-order valence-corrected chi connectivity index (χ3v) is 9.02. The maximum absolute atomic E-state index is 12.2. The van der Waals surface area contributed by atoms with Crippen LogP contribution in [0.25, 0.3) is 22.3 Å².